The number of rotatable bonds is 23. The lowest BCUT2D eigenvalue weighted by Gasteiger charge is -2.20. The highest BCUT2D eigenvalue weighted by atomic mass is 16.1. The molecule has 1 aliphatic carbocycles. The molecule has 0 radical (unpaired) electrons. The highest BCUT2D eigenvalue weighted by Crippen LogP contribution is 2.31. The standard InChI is InChI=1S/C34H48.C16H12O2.C11H24/c1-5-7-9-11-13-15-17-21-29-25-26-30(22-18-16-14-12-10-8-6-2)34-28(4)32-24-20-19-23-31(32)27(3)33(29)34;1-9-7-8-10(2)14-13(9)15(17)11-5-3-4-6-12(11)16(14)18;1-4-5-6-7-8-9-10-11(2)3/h19-20,23-26H,3-18,21-22H2,1-2H3;3-8H,1-2H3;11H,4-10H2,1-3H3. The maximum Gasteiger partial charge on any atom is 0.194 e. The predicted octanol–water partition coefficient (Wildman–Crippen LogP) is 16.9. The fourth-order valence-electron chi connectivity index (χ4n) is 9.50. The Hall–Kier alpha value is -4.30. The predicted molar refractivity (Wildman–Crippen MR) is 277 cm³/mol. The molecule has 0 heterocycles. The highest BCUT2D eigenvalue weighted by Gasteiger charge is 2.31. The molecule has 6 rings (SSSR count). The summed E-state index contributed by atoms with van der Waals surface area (Å²) in [7, 11) is 0. The van der Waals surface area contributed by atoms with Crippen LogP contribution in [0.25, 0.3) is 34.7 Å². The summed E-state index contributed by atoms with van der Waals surface area (Å²) in [6.07, 6.45) is 31.3. The normalized spacial score (nSPS) is 11.9. The minimum absolute atomic E-state index is 0.0404. The van der Waals surface area contributed by atoms with Crippen molar-refractivity contribution in [2.45, 2.75) is 196 Å². The zero-order valence-corrected chi connectivity index (χ0v) is 41.0. The third-order valence-corrected chi connectivity index (χ3v) is 13.3. The number of hydrogen-bond donors (Lipinski definition) is 0. The van der Waals surface area contributed by atoms with Gasteiger partial charge in [0, 0.05) is 22.3 Å². The molecule has 2 nitrogen and oxygen atoms in total. The van der Waals surface area contributed by atoms with Gasteiger partial charge in [0.05, 0.1) is 0 Å². The topological polar surface area (TPSA) is 34.1 Å². The van der Waals surface area contributed by atoms with E-state index < -0.39 is 0 Å². The first-order valence-electron chi connectivity index (χ1n) is 25.5. The number of aryl methyl sites for hydroxylation is 4. The van der Waals surface area contributed by atoms with E-state index in [4.69, 9.17) is 0 Å². The van der Waals surface area contributed by atoms with Gasteiger partial charge in [0.1, 0.15) is 0 Å². The smallest absolute Gasteiger partial charge is 0.194 e. The third kappa shape index (κ3) is 14.9. The summed E-state index contributed by atoms with van der Waals surface area (Å²) in [4.78, 5) is 24.9. The van der Waals surface area contributed by atoms with E-state index >= 15 is 0 Å². The highest BCUT2D eigenvalue weighted by molar-refractivity contribution is 6.29. The van der Waals surface area contributed by atoms with E-state index in [1.807, 2.05) is 26.0 Å². The van der Waals surface area contributed by atoms with Crippen LogP contribution in [0.5, 0.6) is 0 Å². The van der Waals surface area contributed by atoms with Gasteiger partial charge in [-0.1, -0.05) is 243 Å². The van der Waals surface area contributed by atoms with E-state index in [1.165, 1.54) is 178 Å². The van der Waals surface area contributed by atoms with E-state index in [9.17, 15) is 9.59 Å². The second-order valence-corrected chi connectivity index (χ2v) is 19.0. The van der Waals surface area contributed by atoms with Gasteiger partial charge in [-0.15, -0.1) is 0 Å². The molecule has 2 heteroatoms. The molecule has 0 N–H and O–H groups in total. The minimum Gasteiger partial charge on any atom is -0.289 e. The van der Waals surface area contributed by atoms with Gasteiger partial charge >= 0.3 is 0 Å². The molecule has 0 fully saturated rings. The third-order valence-electron chi connectivity index (χ3n) is 13.3. The molecule has 0 bridgehead atoms. The van der Waals surface area contributed by atoms with Gasteiger partial charge in [-0.05, 0) is 99.7 Å². The lowest BCUT2D eigenvalue weighted by molar-refractivity contribution is 0.0978. The van der Waals surface area contributed by atoms with Gasteiger partial charge in [0.15, 0.2) is 11.6 Å². The molecule has 0 aliphatic heterocycles. The summed E-state index contributed by atoms with van der Waals surface area (Å²) in [6.45, 7) is 24.4. The summed E-state index contributed by atoms with van der Waals surface area (Å²) in [5.41, 5.74) is 6.86. The van der Waals surface area contributed by atoms with Crippen LogP contribution in [-0.2, 0) is 12.8 Å². The molecule has 0 saturated carbocycles. The summed E-state index contributed by atoms with van der Waals surface area (Å²) < 4.78 is 0. The van der Waals surface area contributed by atoms with Crippen LogP contribution in [0.2, 0.25) is 0 Å². The molecule has 0 atom stereocenters. The molecular formula is C61H84O2. The van der Waals surface area contributed by atoms with Crippen molar-refractivity contribution < 1.29 is 9.59 Å². The Bertz CT molecular complexity index is 2140. The number of carbonyl (C=O) groups is 2. The second kappa shape index (κ2) is 27.8. The average Bonchev–Trinajstić information content (AvgIpc) is 3.29. The van der Waals surface area contributed by atoms with Crippen molar-refractivity contribution in [2.75, 3.05) is 0 Å². The van der Waals surface area contributed by atoms with E-state index in [0.29, 0.717) is 22.3 Å². The summed E-state index contributed by atoms with van der Waals surface area (Å²) in [6, 6.07) is 24.4. The van der Waals surface area contributed by atoms with Crippen molar-refractivity contribution in [1.82, 2.24) is 0 Å². The van der Waals surface area contributed by atoms with Crippen molar-refractivity contribution in [2.24, 2.45) is 5.92 Å². The molecule has 1 aliphatic rings. The van der Waals surface area contributed by atoms with E-state index in [2.05, 4.69) is 84.2 Å². The molecule has 0 aromatic heterocycles. The van der Waals surface area contributed by atoms with Crippen molar-refractivity contribution >= 4 is 46.3 Å². The maximum atomic E-state index is 12.5. The Kier molecular flexibility index (Phi) is 22.6. The number of benzene rings is 5. The van der Waals surface area contributed by atoms with Crippen LogP contribution in [0.3, 0.4) is 0 Å². The lowest BCUT2D eigenvalue weighted by Crippen LogP contribution is -2.23. The van der Waals surface area contributed by atoms with Crippen LogP contribution in [0, 0.1) is 19.8 Å². The fraction of sp³-hybridized carbons (Fsp3) is 0.508. The Balaban J connectivity index is 0.000000248. The van der Waals surface area contributed by atoms with Crippen molar-refractivity contribution in [1.29, 1.82) is 0 Å². The first kappa shape index (κ1) is 51.3. The largest absolute Gasteiger partial charge is 0.289 e. The van der Waals surface area contributed by atoms with Crippen molar-refractivity contribution in [3.63, 3.8) is 0 Å². The Labute approximate surface area is 384 Å². The summed E-state index contributed by atoms with van der Waals surface area (Å²) >= 11 is 0. The summed E-state index contributed by atoms with van der Waals surface area (Å²) in [5.74, 6) is 0.823. The zero-order valence-electron chi connectivity index (χ0n) is 41.0. The van der Waals surface area contributed by atoms with Crippen LogP contribution < -0.4 is 10.4 Å². The quantitative estimate of drug-likeness (QED) is 0.0475. The number of hydrogen-bond acceptors (Lipinski definition) is 2. The van der Waals surface area contributed by atoms with Crippen molar-refractivity contribution in [3.8, 4) is 0 Å². The van der Waals surface area contributed by atoms with Crippen LogP contribution in [0.4, 0.5) is 0 Å². The Morgan fingerprint density at radius 2 is 0.762 bits per heavy atom. The number of fused-ring (bicyclic) bond motifs is 4. The van der Waals surface area contributed by atoms with Gasteiger partial charge in [-0.25, -0.2) is 0 Å². The molecule has 0 spiro atoms. The van der Waals surface area contributed by atoms with Gasteiger partial charge in [0.2, 0.25) is 0 Å². The SMILES string of the molecule is C=c1c2ccccc2c(=C)c2c(CCCCCCCCC)ccc(CCCCCCCCC)c12.CCCCCCCCC(C)C.Cc1ccc(C)c2c1C(=O)c1ccccc1C2=O. The minimum atomic E-state index is -0.0404. The van der Waals surface area contributed by atoms with Crippen LogP contribution in [0.1, 0.15) is 224 Å². The molecule has 0 unspecified atom stereocenters. The zero-order chi connectivity index (χ0) is 45.6. The van der Waals surface area contributed by atoms with E-state index in [1.54, 1.807) is 24.3 Å². The van der Waals surface area contributed by atoms with Gasteiger partial charge in [-0.2, -0.15) is 0 Å². The maximum absolute atomic E-state index is 12.5. The summed E-state index contributed by atoms with van der Waals surface area (Å²) in [5, 5.41) is 7.75. The number of unbranched alkanes of at least 4 members (excludes halogenated alkanes) is 17. The van der Waals surface area contributed by atoms with Gasteiger partial charge in [0.25, 0.3) is 0 Å². The fourth-order valence-corrected chi connectivity index (χ4v) is 9.50. The molecule has 0 saturated heterocycles. The first-order valence-corrected chi connectivity index (χ1v) is 25.5. The Morgan fingerprint density at radius 1 is 0.429 bits per heavy atom. The molecule has 63 heavy (non-hydrogen) atoms. The van der Waals surface area contributed by atoms with Crippen LogP contribution in [0.15, 0.2) is 72.8 Å². The van der Waals surface area contributed by atoms with Gasteiger partial charge < -0.3 is 0 Å². The monoisotopic (exact) mass is 849 g/mol. The average molecular weight is 849 g/mol. The molecule has 5 aromatic carbocycles. The van der Waals surface area contributed by atoms with E-state index in [-0.39, 0.29) is 11.6 Å². The number of ketones is 2. The van der Waals surface area contributed by atoms with E-state index in [0.717, 1.165) is 29.9 Å². The number of carbonyl (C=O) groups excluding carboxylic acids is 2. The van der Waals surface area contributed by atoms with Crippen LogP contribution >= 0.6 is 0 Å². The molecule has 340 valence electrons. The van der Waals surface area contributed by atoms with Crippen LogP contribution in [-0.4, -0.2) is 11.6 Å². The molecule has 5 aromatic rings. The lowest BCUT2D eigenvalue weighted by atomic mass is 9.80. The first-order chi connectivity index (χ1) is 30.6. The Morgan fingerprint density at radius 3 is 1.13 bits per heavy atom. The van der Waals surface area contributed by atoms with Gasteiger partial charge in [-0.3, -0.25) is 9.59 Å². The van der Waals surface area contributed by atoms with Crippen molar-refractivity contribution in [3.05, 3.63) is 128 Å². The molecule has 0 amide bonds. The molecular weight excluding hydrogens is 765 g/mol. The second-order valence-electron chi connectivity index (χ2n) is 19.0.